The zero-order chi connectivity index (χ0) is 23.8. The lowest BCUT2D eigenvalue weighted by Crippen LogP contribution is -2.40. The first-order valence-electron chi connectivity index (χ1n) is 11.2. The number of pyridine rings is 1. The first-order valence-corrected chi connectivity index (χ1v) is 11.6. The summed E-state index contributed by atoms with van der Waals surface area (Å²) in [4.78, 5) is 34.2. The normalized spacial score (nSPS) is 10.8. The van der Waals surface area contributed by atoms with E-state index >= 15 is 0 Å². The highest BCUT2D eigenvalue weighted by molar-refractivity contribution is 6.31. The lowest BCUT2D eigenvalue weighted by atomic mass is 10.1. The number of benzene rings is 2. The summed E-state index contributed by atoms with van der Waals surface area (Å²) in [6, 6.07) is 14.8. The van der Waals surface area contributed by atoms with Gasteiger partial charge in [-0.1, -0.05) is 55.8 Å². The number of rotatable bonds is 10. The van der Waals surface area contributed by atoms with Crippen molar-refractivity contribution < 1.29 is 14.3 Å². The smallest absolute Gasteiger partial charge is 0.342 e. The van der Waals surface area contributed by atoms with E-state index in [4.69, 9.17) is 16.3 Å². The molecule has 6 nitrogen and oxygen atoms in total. The molecule has 33 heavy (non-hydrogen) atoms. The monoisotopic (exact) mass is 467 g/mol. The predicted octanol–water partition coefficient (Wildman–Crippen LogP) is 5.33. The van der Waals surface area contributed by atoms with Crippen LogP contribution in [0.4, 0.5) is 5.69 Å². The largest absolute Gasteiger partial charge is 0.457 e. The van der Waals surface area contributed by atoms with Crippen molar-refractivity contribution in [2.24, 2.45) is 0 Å². The van der Waals surface area contributed by atoms with Gasteiger partial charge in [-0.2, -0.15) is 0 Å². The van der Waals surface area contributed by atoms with Gasteiger partial charge in [-0.25, -0.2) is 4.79 Å². The molecular formula is C26H30ClN3O3. The van der Waals surface area contributed by atoms with Gasteiger partial charge in [-0.15, -0.1) is 0 Å². The molecule has 1 aromatic heterocycles. The summed E-state index contributed by atoms with van der Waals surface area (Å²) in [5, 5.41) is 1.23. The molecule has 3 aromatic rings. The molecule has 7 heteroatoms. The first kappa shape index (κ1) is 24.5. The van der Waals surface area contributed by atoms with E-state index in [0.717, 1.165) is 18.4 Å². The summed E-state index contributed by atoms with van der Waals surface area (Å²) in [7, 11) is 1.80. The van der Waals surface area contributed by atoms with Gasteiger partial charge in [-0.3, -0.25) is 9.78 Å². The topological polar surface area (TPSA) is 62.7 Å². The zero-order valence-corrected chi connectivity index (χ0v) is 20.1. The van der Waals surface area contributed by atoms with Crippen LogP contribution in [0.1, 0.15) is 42.6 Å². The molecule has 0 atom stereocenters. The van der Waals surface area contributed by atoms with Gasteiger partial charge in [-0.05, 0) is 36.6 Å². The van der Waals surface area contributed by atoms with Gasteiger partial charge in [0.15, 0.2) is 0 Å². The number of likely N-dealkylation sites (N-methyl/N-ethyl adjacent to an activating group) is 1. The van der Waals surface area contributed by atoms with Crippen LogP contribution in [0.3, 0.4) is 0 Å². The molecule has 0 N–H and O–H groups in total. The molecule has 1 amide bonds. The van der Waals surface area contributed by atoms with Crippen LogP contribution in [-0.2, 0) is 16.1 Å². The van der Waals surface area contributed by atoms with Gasteiger partial charge in [0.1, 0.15) is 12.2 Å². The van der Waals surface area contributed by atoms with Crippen molar-refractivity contribution in [3.63, 3.8) is 0 Å². The van der Waals surface area contributed by atoms with Crippen LogP contribution < -0.4 is 4.90 Å². The summed E-state index contributed by atoms with van der Waals surface area (Å²) < 4.78 is 5.58. The van der Waals surface area contributed by atoms with Gasteiger partial charge >= 0.3 is 5.97 Å². The maximum absolute atomic E-state index is 13.1. The Labute approximate surface area is 200 Å². The van der Waals surface area contributed by atoms with E-state index in [1.165, 1.54) is 6.20 Å². The molecule has 0 saturated carbocycles. The van der Waals surface area contributed by atoms with Crippen molar-refractivity contribution in [2.75, 3.05) is 31.6 Å². The van der Waals surface area contributed by atoms with E-state index in [1.54, 1.807) is 30.1 Å². The maximum Gasteiger partial charge on any atom is 0.342 e. The Bertz CT molecular complexity index is 1100. The van der Waals surface area contributed by atoms with E-state index in [1.807, 2.05) is 35.2 Å². The van der Waals surface area contributed by atoms with Crippen molar-refractivity contribution in [3.8, 4) is 0 Å². The number of hydrogen-bond acceptors (Lipinski definition) is 5. The van der Waals surface area contributed by atoms with Gasteiger partial charge in [0, 0.05) is 36.7 Å². The average molecular weight is 468 g/mol. The Balaban J connectivity index is 1.94. The lowest BCUT2D eigenvalue weighted by Gasteiger charge is -2.27. The Morgan fingerprint density at radius 1 is 1.03 bits per heavy atom. The molecule has 0 fully saturated rings. The molecule has 0 spiro atoms. The Kier molecular flexibility index (Phi) is 8.66. The van der Waals surface area contributed by atoms with Crippen molar-refractivity contribution >= 4 is 40.1 Å². The highest BCUT2D eigenvalue weighted by Crippen LogP contribution is 2.31. The number of ether oxygens (including phenoxy) is 1. The summed E-state index contributed by atoms with van der Waals surface area (Å²) in [5.41, 5.74) is 2.46. The number of amides is 1. The average Bonchev–Trinajstić information content (AvgIpc) is 2.82. The van der Waals surface area contributed by atoms with Crippen LogP contribution in [0.2, 0.25) is 5.02 Å². The van der Waals surface area contributed by atoms with Crippen LogP contribution in [-0.4, -0.2) is 48.4 Å². The molecule has 0 saturated heterocycles. The van der Waals surface area contributed by atoms with E-state index in [-0.39, 0.29) is 19.1 Å². The highest BCUT2D eigenvalue weighted by Gasteiger charge is 2.23. The number of aromatic nitrogens is 1. The predicted molar refractivity (Wildman–Crippen MR) is 133 cm³/mol. The van der Waals surface area contributed by atoms with Gasteiger partial charge in [0.2, 0.25) is 5.91 Å². The number of fused-ring (bicyclic) bond motifs is 1. The number of esters is 1. The third-order valence-electron chi connectivity index (χ3n) is 5.33. The van der Waals surface area contributed by atoms with Crippen LogP contribution >= 0.6 is 11.6 Å². The van der Waals surface area contributed by atoms with Crippen molar-refractivity contribution in [1.29, 1.82) is 0 Å². The fourth-order valence-corrected chi connectivity index (χ4v) is 3.97. The molecule has 0 aliphatic rings. The molecule has 3 rings (SSSR count). The third kappa shape index (κ3) is 6.23. The minimum Gasteiger partial charge on any atom is -0.457 e. The van der Waals surface area contributed by atoms with Gasteiger partial charge < -0.3 is 14.5 Å². The second-order valence-electron chi connectivity index (χ2n) is 7.98. The highest BCUT2D eigenvalue weighted by atomic mass is 35.5. The zero-order valence-electron chi connectivity index (χ0n) is 19.4. The molecular weight excluding hydrogens is 438 g/mol. The van der Waals surface area contributed by atoms with Gasteiger partial charge in [0.05, 0.1) is 17.7 Å². The van der Waals surface area contributed by atoms with Crippen LogP contribution in [0.25, 0.3) is 10.9 Å². The number of halogens is 1. The van der Waals surface area contributed by atoms with Crippen LogP contribution in [0.5, 0.6) is 0 Å². The second-order valence-corrected chi connectivity index (χ2v) is 8.42. The van der Waals surface area contributed by atoms with E-state index in [2.05, 4.69) is 18.8 Å². The van der Waals surface area contributed by atoms with E-state index in [9.17, 15) is 9.59 Å². The van der Waals surface area contributed by atoms with E-state index in [0.29, 0.717) is 40.3 Å². The first-order chi connectivity index (χ1) is 15.9. The summed E-state index contributed by atoms with van der Waals surface area (Å²) in [6.45, 7) is 5.79. The standard InChI is InChI=1S/C26H30ClN3O3/c1-4-13-30(14-5-2)24(31)17-29(3)25-21-15-20(27)11-12-23(21)28-16-22(25)26(32)33-18-19-9-7-6-8-10-19/h6-12,15-16H,4-5,13-14,17-18H2,1-3H3. The minimum atomic E-state index is -0.499. The molecule has 0 aliphatic heterocycles. The number of hydrogen-bond donors (Lipinski definition) is 0. The third-order valence-corrected chi connectivity index (χ3v) is 5.56. The molecule has 0 unspecified atom stereocenters. The summed E-state index contributed by atoms with van der Waals surface area (Å²) in [5.74, 6) is -0.488. The Hall–Kier alpha value is -3.12. The second kappa shape index (κ2) is 11.7. The number of carbonyl (C=O) groups excluding carboxylic acids is 2. The van der Waals surface area contributed by atoms with Crippen LogP contribution in [0.15, 0.2) is 54.7 Å². The van der Waals surface area contributed by atoms with Crippen LogP contribution in [0, 0.1) is 0 Å². The summed E-state index contributed by atoms with van der Waals surface area (Å²) >= 11 is 6.27. The van der Waals surface area contributed by atoms with Crippen molar-refractivity contribution in [2.45, 2.75) is 33.3 Å². The fourth-order valence-electron chi connectivity index (χ4n) is 3.80. The fraction of sp³-hybridized carbons (Fsp3) is 0.346. The quantitative estimate of drug-likeness (QED) is 0.377. The lowest BCUT2D eigenvalue weighted by molar-refractivity contribution is -0.129. The van der Waals surface area contributed by atoms with E-state index < -0.39 is 5.97 Å². The number of carbonyl (C=O) groups is 2. The molecule has 1 heterocycles. The van der Waals surface area contributed by atoms with Crippen molar-refractivity contribution in [3.05, 3.63) is 70.9 Å². The summed E-state index contributed by atoms with van der Waals surface area (Å²) in [6.07, 6.45) is 3.29. The number of nitrogens with zero attached hydrogens (tertiary/aromatic N) is 3. The number of anilines is 1. The Morgan fingerprint density at radius 2 is 1.73 bits per heavy atom. The minimum absolute atomic E-state index is 0.0109. The maximum atomic E-state index is 13.1. The molecule has 2 aromatic carbocycles. The molecule has 0 bridgehead atoms. The Morgan fingerprint density at radius 3 is 2.39 bits per heavy atom. The molecule has 174 valence electrons. The molecule has 0 aliphatic carbocycles. The molecule has 0 radical (unpaired) electrons. The van der Waals surface area contributed by atoms with Crippen molar-refractivity contribution in [1.82, 2.24) is 9.88 Å². The van der Waals surface area contributed by atoms with Gasteiger partial charge in [0.25, 0.3) is 0 Å². The SMILES string of the molecule is CCCN(CCC)C(=O)CN(C)c1c(C(=O)OCc2ccccc2)cnc2ccc(Cl)cc12.